The maximum Gasteiger partial charge on any atom is 0.126 e. The van der Waals surface area contributed by atoms with Gasteiger partial charge in [0, 0.05) is 29.2 Å². The van der Waals surface area contributed by atoms with Gasteiger partial charge in [-0.1, -0.05) is 15.9 Å². The quantitative estimate of drug-likeness (QED) is 0.734. The minimum Gasteiger partial charge on any atom is -0.493 e. The van der Waals surface area contributed by atoms with Crippen molar-refractivity contribution in [3.05, 3.63) is 27.7 Å². The highest BCUT2D eigenvalue weighted by molar-refractivity contribution is 9.10. The van der Waals surface area contributed by atoms with E-state index in [-0.39, 0.29) is 0 Å². The lowest BCUT2D eigenvalue weighted by atomic mass is 10.1. The molecule has 112 valence electrons. The van der Waals surface area contributed by atoms with Crippen LogP contribution in [-0.2, 0) is 6.54 Å². The van der Waals surface area contributed by atoms with E-state index in [4.69, 9.17) is 4.74 Å². The lowest BCUT2D eigenvalue weighted by Gasteiger charge is -2.16. The van der Waals surface area contributed by atoms with Gasteiger partial charge in [0.25, 0.3) is 0 Å². The van der Waals surface area contributed by atoms with Crippen LogP contribution in [-0.4, -0.2) is 38.2 Å². The molecule has 1 fully saturated rings. The predicted octanol–water partition coefficient (Wildman–Crippen LogP) is 3.34. The molecule has 0 aliphatic heterocycles. The molecular formula is C16H25BrN2O. The summed E-state index contributed by atoms with van der Waals surface area (Å²) in [5.74, 6) is 1.06. The molecule has 3 nitrogen and oxygen atoms in total. The molecule has 0 atom stereocenters. The first kappa shape index (κ1) is 15.8. The lowest BCUT2D eigenvalue weighted by molar-refractivity contribution is 0.277. The second-order valence-electron chi connectivity index (χ2n) is 5.87. The normalized spacial score (nSPS) is 14.8. The van der Waals surface area contributed by atoms with Gasteiger partial charge >= 0.3 is 0 Å². The van der Waals surface area contributed by atoms with E-state index < -0.39 is 0 Å². The van der Waals surface area contributed by atoms with Crippen molar-refractivity contribution in [1.82, 2.24) is 10.2 Å². The maximum absolute atomic E-state index is 6.04. The molecule has 1 N–H and O–H groups in total. The molecule has 0 radical (unpaired) electrons. The second kappa shape index (κ2) is 7.43. The Morgan fingerprint density at radius 3 is 2.75 bits per heavy atom. The van der Waals surface area contributed by atoms with Crippen LogP contribution in [0.15, 0.2) is 16.6 Å². The number of aryl methyl sites for hydroxylation is 1. The van der Waals surface area contributed by atoms with Crippen LogP contribution in [0.4, 0.5) is 0 Å². The summed E-state index contributed by atoms with van der Waals surface area (Å²) in [6.45, 7) is 4.85. The zero-order chi connectivity index (χ0) is 14.5. The van der Waals surface area contributed by atoms with Crippen LogP contribution < -0.4 is 10.1 Å². The van der Waals surface area contributed by atoms with Gasteiger partial charge in [-0.2, -0.15) is 0 Å². The van der Waals surface area contributed by atoms with Crippen LogP contribution in [0.5, 0.6) is 5.75 Å². The Bertz CT molecular complexity index is 444. The second-order valence-corrected chi connectivity index (χ2v) is 6.79. The lowest BCUT2D eigenvalue weighted by Crippen LogP contribution is -2.18. The van der Waals surface area contributed by atoms with Crippen molar-refractivity contribution in [3.8, 4) is 5.75 Å². The van der Waals surface area contributed by atoms with Crippen molar-refractivity contribution in [2.24, 2.45) is 0 Å². The number of hydrogen-bond acceptors (Lipinski definition) is 3. The fraction of sp³-hybridized carbons (Fsp3) is 0.625. The van der Waals surface area contributed by atoms with Gasteiger partial charge in [-0.3, -0.25) is 0 Å². The van der Waals surface area contributed by atoms with E-state index in [0.717, 1.165) is 42.4 Å². The van der Waals surface area contributed by atoms with Crippen LogP contribution >= 0.6 is 15.9 Å². The molecule has 1 aromatic rings. The Kier molecular flexibility index (Phi) is 5.87. The van der Waals surface area contributed by atoms with E-state index in [1.54, 1.807) is 0 Å². The Morgan fingerprint density at radius 1 is 1.35 bits per heavy atom. The van der Waals surface area contributed by atoms with Crippen molar-refractivity contribution in [3.63, 3.8) is 0 Å². The van der Waals surface area contributed by atoms with Crippen LogP contribution in [0.2, 0.25) is 0 Å². The molecule has 0 heterocycles. The Hall–Kier alpha value is -0.580. The van der Waals surface area contributed by atoms with Gasteiger partial charge in [0.05, 0.1) is 6.61 Å². The van der Waals surface area contributed by atoms with Gasteiger partial charge in [0.15, 0.2) is 0 Å². The fourth-order valence-corrected chi connectivity index (χ4v) is 2.85. The molecule has 1 aliphatic rings. The topological polar surface area (TPSA) is 24.5 Å². The smallest absolute Gasteiger partial charge is 0.126 e. The summed E-state index contributed by atoms with van der Waals surface area (Å²) in [5.41, 5.74) is 2.46. The van der Waals surface area contributed by atoms with Crippen LogP contribution in [0.3, 0.4) is 0 Å². The molecule has 1 saturated carbocycles. The van der Waals surface area contributed by atoms with E-state index in [1.807, 2.05) is 0 Å². The van der Waals surface area contributed by atoms with Crippen LogP contribution in [0.1, 0.15) is 30.4 Å². The molecule has 1 aromatic carbocycles. The Balaban J connectivity index is 1.96. The molecule has 20 heavy (non-hydrogen) atoms. The highest BCUT2D eigenvalue weighted by Gasteiger charge is 2.21. The molecule has 0 amide bonds. The van der Waals surface area contributed by atoms with Crippen molar-refractivity contribution < 1.29 is 4.74 Å². The van der Waals surface area contributed by atoms with E-state index in [1.165, 1.54) is 24.0 Å². The largest absolute Gasteiger partial charge is 0.493 e. The van der Waals surface area contributed by atoms with Gasteiger partial charge < -0.3 is 15.0 Å². The molecule has 0 bridgehead atoms. The number of rotatable bonds is 8. The maximum atomic E-state index is 6.04. The molecule has 0 saturated heterocycles. The number of nitrogens with one attached hydrogen (secondary N) is 1. The molecule has 4 heteroatoms. The highest BCUT2D eigenvalue weighted by Crippen LogP contribution is 2.29. The third-order valence-electron chi connectivity index (χ3n) is 3.47. The Morgan fingerprint density at radius 2 is 2.10 bits per heavy atom. The van der Waals surface area contributed by atoms with E-state index >= 15 is 0 Å². The average Bonchev–Trinajstić information content (AvgIpc) is 3.17. The van der Waals surface area contributed by atoms with Crippen molar-refractivity contribution >= 4 is 15.9 Å². The first-order valence-corrected chi connectivity index (χ1v) is 8.15. The third kappa shape index (κ3) is 5.08. The summed E-state index contributed by atoms with van der Waals surface area (Å²) in [5, 5.41) is 3.57. The van der Waals surface area contributed by atoms with Crippen molar-refractivity contribution in [1.29, 1.82) is 0 Å². The zero-order valence-electron chi connectivity index (χ0n) is 12.7. The molecule has 2 rings (SSSR count). The molecule has 0 spiro atoms. The first-order chi connectivity index (χ1) is 9.56. The van der Waals surface area contributed by atoms with E-state index in [2.05, 4.69) is 59.3 Å². The van der Waals surface area contributed by atoms with E-state index in [0.29, 0.717) is 0 Å². The monoisotopic (exact) mass is 340 g/mol. The van der Waals surface area contributed by atoms with Gasteiger partial charge in [-0.05, 0) is 58.0 Å². The van der Waals surface area contributed by atoms with Gasteiger partial charge in [0.1, 0.15) is 5.75 Å². The van der Waals surface area contributed by atoms with Gasteiger partial charge in [0.2, 0.25) is 0 Å². The van der Waals surface area contributed by atoms with Crippen molar-refractivity contribution in [2.75, 3.05) is 27.2 Å². The zero-order valence-corrected chi connectivity index (χ0v) is 14.3. The average molecular weight is 341 g/mol. The Labute approximate surface area is 130 Å². The number of halogens is 1. The molecule has 0 aromatic heterocycles. The van der Waals surface area contributed by atoms with Gasteiger partial charge in [-0.15, -0.1) is 0 Å². The summed E-state index contributed by atoms with van der Waals surface area (Å²) in [6.07, 6.45) is 3.68. The number of ether oxygens (including phenoxy) is 1. The number of benzene rings is 1. The molecule has 0 unspecified atom stereocenters. The number of nitrogens with zero attached hydrogens (tertiary/aromatic N) is 1. The SMILES string of the molecule is Cc1cc(Br)cc(CNC2CC2)c1OCCCN(C)C. The summed E-state index contributed by atoms with van der Waals surface area (Å²) in [6, 6.07) is 5.02. The minimum atomic E-state index is 0.718. The minimum absolute atomic E-state index is 0.718. The summed E-state index contributed by atoms with van der Waals surface area (Å²) < 4.78 is 7.17. The summed E-state index contributed by atoms with van der Waals surface area (Å²) in [7, 11) is 4.19. The van der Waals surface area contributed by atoms with Crippen LogP contribution in [0.25, 0.3) is 0 Å². The molecule has 1 aliphatic carbocycles. The predicted molar refractivity (Wildman–Crippen MR) is 87.4 cm³/mol. The van der Waals surface area contributed by atoms with E-state index in [9.17, 15) is 0 Å². The molecular weight excluding hydrogens is 316 g/mol. The summed E-state index contributed by atoms with van der Waals surface area (Å²) >= 11 is 3.58. The van der Waals surface area contributed by atoms with Crippen LogP contribution in [0, 0.1) is 6.92 Å². The number of hydrogen-bond donors (Lipinski definition) is 1. The first-order valence-electron chi connectivity index (χ1n) is 7.36. The fourth-order valence-electron chi connectivity index (χ4n) is 2.23. The third-order valence-corrected chi connectivity index (χ3v) is 3.93. The highest BCUT2D eigenvalue weighted by atomic mass is 79.9. The summed E-state index contributed by atoms with van der Waals surface area (Å²) in [4.78, 5) is 2.19. The van der Waals surface area contributed by atoms with Crippen molar-refractivity contribution in [2.45, 2.75) is 38.8 Å². The standard InChI is InChI=1S/C16H25BrN2O/c1-12-9-14(17)10-13(11-18-15-5-6-15)16(12)20-8-4-7-19(2)3/h9-10,15,18H,4-8,11H2,1-3H3. The van der Waals surface area contributed by atoms with Gasteiger partial charge in [-0.25, -0.2) is 0 Å².